The average molecular weight is 267 g/mol. The Balaban J connectivity index is 2.03. The molecule has 7 nitrogen and oxygen atoms in total. The number of carbonyl (C=O) groups excluding carboxylic acids is 1. The second-order valence-corrected chi connectivity index (χ2v) is 5.10. The van der Waals surface area contributed by atoms with Gasteiger partial charge in [0.05, 0.1) is 6.10 Å². The lowest BCUT2D eigenvalue weighted by atomic mass is 10.0. The number of β-amino-alcohol motifs (C(OH)–C–C–N with tert-alkyl or cyclic N) is 1. The lowest BCUT2D eigenvalue weighted by Crippen LogP contribution is -2.28. The van der Waals surface area contributed by atoms with Crippen molar-refractivity contribution >= 4 is 11.9 Å². The van der Waals surface area contributed by atoms with E-state index in [2.05, 4.69) is 10.1 Å². The molecule has 0 bridgehead atoms. The van der Waals surface area contributed by atoms with E-state index in [0.29, 0.717) is 19.5 Å². The van der Waals surface area contributed by atoms with Gasteiger partial charge in [-0.25, -0.2) is 4.68 Å². The number of anilines is 1. The SMILES string of the molecule is CCn1ncnc1N1C[C@@H](CC(=O)N(C)C)[C@H](O)C1. The van der Waals surface area contributed by atoms with Crippen LogP contribution in [0.2, 0.25) is 0 Å². The molecule has 0 saturated carbocycles. The van der Waals surface area contributed by atoms with E-state index in [1.54, 1.807) is 23.7 Å². The number of aliphatic hydroxyl groups excluding tert-OH is 1. The van der Waals surface area contributed by atoms with Crippen molar-refractivity contribution < 1.29 is 9.90 Å². The van der Waals surface area contributed by atoms with Crippen molar-refractivity contribution in [3.63, 3.8) is 0 Å². The molecule has 2 atom stereocenters. The number of hydrogen-bond acceptors (Lipinski definition) is 5. The number of aromatic nitrogens is 3. The number of nitrogens with zero attached hydrogens (tertiary/aromatic N) is 5. The van der Waals surface area contributed by atoms with Crippen molar-refractivity contribution in [3.05, 3.63) is 6.33 Å². The third kappa shape index (κ3) is 2.86. The summed E-state index contributed by atoms with van der Waals surface area (Å²) in [7, 11) is 3.46. The Kier molecular flexibility index (Phi) is 4.04. The Morgan fingerprint density at radius 2 is 2.26 bits per heavy atom. The summed E-state index contributed by atoms with van der Waals surface area (Å²) in [5, 5.41) is 14.2. The molecule has 1 aliphatic heterocycles. The highest BCUT2D eigenvalue weighted by molar-refractivity contribution is 5.76. The van der Waals surface area contributed by atoms with Gasteiger partial charge in [-0.1, -0.05) is 0 Å². The smallest absolute Gasteiger partial charge is 0.223 e. The predicted octanol–water partition coefficient (Wildman–Crippen LogP) is -0.427. The summed E-state index contributed by atoms with van der Waals surface area (Å²) in [6, 6.07) is 0. The van der Waals surface area contributed by atoms with Crippen LogP contribution < -0.4 is 4.90 Å². The van der Waals surface area contributed by atoms with E-state index in [4.69, 9.17) is 0 Å². The van der Waals surface area contributed by atoms with Crippen LogP contribution in [0, 0.1) is 5.92 Å². The fourth-order valence-corrected chi connectivity index (χ4v) is 2.35. The molecule has 19 heavy (non-hydrogen) atoms. The fraction of sp³-hybridized carbons (Fsp3) is 0.750. The Morgan fingerprint density at radius 3 is 2.89 bits per heavy atom. The molecule has 1 N–H and O–H groups in total. The molecule has 106 valence electrons. The molecule has 1 fully saturated rings. The van der Waals surface area contributed by atoms with Crippen molar-refractivity contribution in [2.24, 2.45) is 5.92 Å². The van der Waals surface area contributed by atoms with Gasteiger partial charge in [-0.3, -0.25) is 4.79 Å². The van der Waals surface area contributed by atoms with Gasteiger partial charge in [-0.2, -0.15) is 10.1 Å². The second kappa shape index (κ2) is 5.56. The van der Waals surface area contributed by atoms with Gasteiger partial charge >= 0.3 is 0 Å². The zero-order valence-corrected chi connectivity index (χ0v) is 11.7. The van der Waals surface area contributed by atoms with Crippen molar-refractivity contribution in [2.75, 3.05) is 32.1 Å². The first-order valence-corrected chi connectivity index (χ1v) is 6.53. The lowest BCUT2D eigenvalue weighted by Gasteiger charge is -2.17. The van der Waals surface area contributed by atoms with Crippen LogP contribution in [-0.4, -0.2) is 64.0 Å². The summed E-state index contributed by atoms with van der Waals surface area (Å²) in [5.74, 6) is 0.765. The van der Waals surface area contributed by atoms with Gasteiger partial charge in [0.1, 0.15) is 6.33 Å². The van der Waals surface area contributed by atoms with Crippen LogP contribution in [0.3, 0.4) is 0 Å². The molecule has 0 spiro atoms. The fourth-order valence-electron chi connectivity index (χ4n) is 2.35. The number of aryl methyl sites for hydroxylation is 1. The molecule has 0 unspecified atom stereocenters. The third-order valence-electron chi connectivity index (χ3n) is 3.52. The molecule has 0 radical (unpaired) electrons. The van der Waals surface area contributed by atoms with E-state index < -0.39 is 6.10 Å². The maximum atomic E-state index is 11.7. The highest BCUT2D eigenvalue weighted by atomic mass is 16.3. The number of hydrogen-bond donors (Lipinski definition) is 1. The molecule has 1 saturated heterocycles. The van der Waals surface area contributed by atoms with Crippen LogP contribution in [0.25, 0.3) is 0 Å². The number of aliphatic hydroxyl groups is 1. The van der Waals surface area contributed by atoms with Crippen molar-refractivity contribution in [1.29, 1.82) is 0 Å². The Bertz CT molecular complexity index is 445. The maximum absolute atomic E-state index is 11.7. The minimum atomic E-state index is -0.495. The summed E-state index contributed by atoms with van der Waals surface area (Å²) in [6.45, 7) is 3.88. The number of amides is 1. The van der Waals surface area contributed by atoms with Crippen LogP contribution in [0.15, 0.2) is 6.33 Å². The van der Waals surface area contributed by atoms with E-state index in [1.807, 2.05) is 11.8 Å². The van der Waals surface area contributed by atoms with Gasteiger partial charge < -0.3 is 14.9 Å². The summed E-state index contributed by atoms with van der Waals surface area (Å²) >= 11 is 0. The Hall–Kier alpha value is -1.63. The molecule has 1 aliphatic rings. The highest BCUT2D eigenvalue weighted by Gasteiger charge is 2.34. The quantitative estimate of drug-likeness (QED) is 0.801. The average Bonchev–Trinajstić information content (AvgIpc) is 2.96. The standard InChI is InChI=1S/C12H21N5O2/c1-4-17-12(13-8-14-17)16-6-9(10(18)7-16)5-11(19)15(2)3/h8-10,18H,4-7H2,1-3H3/t9-,10-/m1/s1. The van der Waals surface area contributed by atoms with Gasteiger partial charge in [0.15, 0.2) is 0 Å². The lowest BCUT2D eigenvalue weighted by molar-refractivity contribution is -0.130. The Morgan fingerprint density at radius 1 is 1.53 bits per heavy atom. The molecule has 1 amide bonds. The van der Waals surface area contributed by atoms with Crippen molar-refractivity contribution in [2.45, 2.75) is 26.0 Å². The van der Waals surface area contributed by atoms with E-state index in [-0.39, 0.29) is 11.8 Å². The van der Waals surface area contributed by atoms with E-state index in [0.717, 1.165) is 12.5 Å². The zero-order valence-electron chi connectivity index (χ0n) is 11.7. The van der Waals surface area contributed by atoms with Crippen LogP contribution in [0.5, 0.6) is 0 Å². The molecular weight excluding hydrogens is 246 g/mol. The van der Waals surface area contributed by atoms with Crippen molar-refractivity contribution in [1.82, 2.24) is 19.7 Å². The monoisotopic (exact) mass is 267 g/mol. The van der Waals surface area contributed by atoms with Crippen LogP contribution in [-0.2, 0) is 11.3 Å². The van der Waals surface area contributed by atoms with Gasteiger partial charge in [-0.05, 0) is 6.92 Å². The third-order valence-corrected chi connectivity index (χ3v) is 3.52. The van der Waals surface area contributed by atoms with Crippen LogP contribution in [0.4, 0.5) is 5.95 Å². The van der Waals surface area contributed by atoms with Gasteiger partial charge in [-0.15, -0.1) is 0 Å². The largest absolute Gasteiger partial charge is 0.391 e. The molecule has 2 rings (SSSR count). The molecule has 2 heterocycles. The Labute approximate surface area is 112 Å². The molecule has 0 aliphatic carbocycles. The van der Waals surface area contributed by atoms with E-state index in [9.17, 15) is 9.90 Å². The topological polar surface area (TPSA) is 74.5 Å². The molecule has 7 heteroatoms. The molecule has 1 aromatic heterocycles. The summed E-state index contributed by atoms with van der Waals surface area (Å²) < 4.78 is 1.79. The summed E-state index contributed by atoms with van der Waals surface area (Å²) in [4.78, 5) is 19.5. The number of carbonyl (C=O) groups is 1. The van der Waals surface area contributed by atoms with Gasteiger partial charge in [0.25, 0.3) is 0 Å². The van der Waals surface area contributed by atoms with Crippen LogP contribution >= 0.6 is 0 Å². The maximum Gasteiger partial charge on any atom is 0.223 e. The first kappa shape index (κ1) is 13.8. The molecule has 1 aromatic rings. The van der Waals surface area contributed by atoms with E-state index >= 15 is 0 Å². The second-order valence-electron chi connectivity index (χ2n) is 5.10. The first-order chi connectivity index (χ1) is 9.02. The molecular formula is C12H21N5O2. The summed E-state index contributed by atoms with van der Waals surface area (Å²) in [5.41, 5.74) is 0. The zero-order chi connectivity index (χ0) is 14.0. The van der Waals surface area contributed by atoms with Gasteiger partial charge in [0, 0.05) is 46.1 Å². The molecule has 0 aromatic carbocycles. The number of rotatable bonds is 4. The van der Waals surface area contributed by atoms with Crippen LogP contribution in [0.1, 0.15) is 13.3 Å². The predicted molar refractivity (Wildman–Crippen MR) is 70.7 cm³/mol. The first-order valence-electron chi connectivity index (χ1n) is 6.53. The van der Waals surface area contributed by atoms with E-state index in [1.165, 1.54) is 6.33 Å². The minimum Gasteiger partial charge on any atom is -0.391 e. The summed E-state index contributed by atoms with van der Waals surface area (Å²) in [6.07, 6.45) is 1.39. The minimum absolute atomic E-state index is 0.0443. The van der Waals surface area contributed by atoms with Crippen molar-refractivity contribution in [3.8, 4) is 0 Å². The van der Waals surface area contributed by atoms with Gasteiger partial charge in [0.2, 0.25) is 11.9 Å². The highest BCUT2D eigenvalue weighted by Crippen LogP contribution is 2.24. The normalized spacial score (nSPS) is 22.8.